The fraction of sp³-hybridized carbons (Fsp3) is 0.0769. The number of hydrogen-bond donors (Lipinski definition) is 0. The number of benzene rings is 9. The summed E-state index contributed by atoms with van der Waals surface area (Å²) in [5.74, 6) is 1.93. The van der Waals surface area contributed by atoms with Gasteiger partial charge < -0.3 is 0 Å². The Labute approximate surface area is 428 Å². The molecular weight excluding hydrogens is 1050 g/mol. The number of aryl methyl sites for hydroxylation is 2. The number of hydrogen-bond acceptors (Lipinski definition) is 2. The molecule has 0 fully saturated rings. The maximum atomic E-state index is 8.68. The largest absolute Gasteiger partial charge is 0.238 e. The van der Waals surface area contributed by atoms with E-state index in [0.717, 1.165) is 78.5 Å². The average molecular weight is 1100 g/mol. The topological polar surface area (TPSA) is 36.9 Å². The summed E-state index contributed by atoms with van der Waals surface area (Å²) in [6.07, 6.45) is 4.73. The van der Waals surface area contributed by atoms with Gasteiger partial charge in [-0.1, -0.05) is 66.7 Å². The number of ether oxygens (including phenoxy) is 1. The van der Waals surface area contributed by atoms with Gasteiger partial charge in [-0.05, 0) is 47.3 Å². The second kappa shape index (κ2) is 18.0. The zero-order valence-corrected chi connectivity index (χ0v) is 40.9. The molecule has 0 amide bonds. The van der Waals surface area contributed by atoms with E-state index in [1.54, 1.807) is 12.3 Å². The molecular formula is C65H48N4OPt. The van der Waals surface area contributed by atoms with Crippen molar-refractivity contribution >= 4 is 32.8 Å². The molecule has 9 aromatic carbocycles. The van der Waals surface area contributed by atoms with Gasteiger partial charge in [0.25, 0.3) is 0 Å². The quantitative estimate of drug-likeness (QED) is 0.144. The van der Waals surface area contributed by atoms with Crippen molar-refractivity contribution in [2.45, 2.75) is 32.2 Å². The minimum atomic E-state index is -2.39. The average Bonchev–Trinajstić information content (AvgIpc) is 3.95. The molecule has 1 aliphatic rings. The Morgan fingerprint density at radius 3 is 1.82 bits per heavy atom. The van der Waals surface area contributed by atoms with Gasteiger partial charge in [0.05, 0.1) is 0 Å². The Bertz CT molecular complexity index is 4090. The molecule has 13 rings (SSSR count). The molecule has 12 aromatic rings. The molecule has 6 heteroatoms. The van der Waals surface area contributed by atoms with Crippen molar-refractivity contribution in [2.75, 3.05) is 0 Å². The molecule has 3 heterocycles. The predicted molar refractivity (Wildman–Crippen MR) is 287 cm³/mol. The van der Waals surface area contributed by atoms with Gasteiger partial charge in [-0.15, -0.1) is 0 Å². The predicted octanol–water partition coefficient (Wildman–Crippen LogP) is 16.7. The molecule has 5 nitrogen and oxygen atoms in total. The molecule has 0 N–H and O–H groups in total. The number of imidazole rings is 1. The van der Waals surface area contributed by atoms with Gasteiger partial charge >= 0.3 is 296 Å². The third kappa shape index (κ3) is 7.60. The third-order valence-electron chi connectivity index (χ3n) is 14.2. The van der Waals surface area contributed by atoms with Crippen LogP contribution in [0.25, 0.3) is 88.9 Å². The summed E-state index contributed by atoms with van der Waals surface area (Å²) >= 11 is 2.57. The summed E-state index contributed by atoms with van der Waals surface area (Å²) in [6.45, 7) is -2.39. The van der Waals surface area contributed by atoms with E-state index in [1.165, 1.54) is 38.9 Å². The molecule has 344 valence electrons. The van der Waals surface area contributed by atoms with Crippen molar-refractivity contribution in [3.05, 3.63) is 251 Å². The van der Waals surface area contributed by atoms with Crippen LogP contribution in [-0.2, 0) is 25.8 Å². The molecule has 0 saturated carbocycles. The molecule has 3 aromatic heterocycles. The van der Waals surface area contributed by atoms with Crippen molar-refractivity contribution in [3.8, 4) is 67.5 Å². The zero-order valence-electron chi connectivity index (χ0n) is 41.7. The first-order valence-electron chi connectivity index (χ1n) is 25.7. The Morgan fingerprint density at radius 1 is 0.507 bits per heavy atom. The molecule has 0 aliphatic heterocycles. The molecule has 71 heavy (non-hydrogen) atoms. The van der Waals surface area contributed by atoms with E-state index in [4.69, 9.17) is 13.8 Å². The maximum Gasteiger partial charge on any atom is 0.0374 e. The van der Waals surface area contributed by atoms with Crippen molar-refractivity contribution in [3.63, 3.8) is 0 Å². The molecule has 1 aliphatic carbocycles. The van der Waals surface area contributed by atoms with Crippen LogP contribution < -0.4 is 4.74 Å². The summed E-state index contributed by atoms with van der Waals surface area (Å²) in [5.41, 5.74) is 16.3. The van der Waals surface area contributed by atoms with Crippen LogP contribution in [0.5, 0.6) is 11.5 Å². The Kier molecular flexibility index (Phi) is 10.1. The van der Waals surface area contributed by atoms with Gasteiger partial charge in [0.15, 0.2) is 0 Å². The number of aromatic nitrogens is 4. The molecule has 1 atom stereocenters. The van der Waals surface area contributed by atoms with Crippen molar-refractivity contribution < 1.29 is 28.2 Å². The fourth-order valence-corrected chi connectivity index (χ4v) is 12.0. The van der Waals surface area contributed by atoms with Crippen LogP contribution in [0.3, 0.4) is 0 Å². The van der Waals surface area contributed by atoms with Crippen LogP contribution in [0.1, 0.15) is 39.7 Å². The minimum Gasteiger partial charge on any atom is -0.238 e. The standard InChI is InChI=1S/C65H48N4O.Pt/c1-44-38-64(66-42-58(44)48-24-12-5-13-25-48)69-60-37-33-50(45-18-6-2-7-19-45)39-57(60)55-36-35-52(41-63(55)69)70-51-34-32-49-26-16-31-59(56(49)40-51)67-43-68(62-30-15-14-29-61(62)67)65-53(46-20-8-3-9-21-46)27-17-28-54(65)47-22-10-4-11-23-47;/h2-15,17-25,27-30,32-42,59H,16,26,31H2,1H3;/i1D3;. The zero-order chi connectivity index (χ0) is 49.9. The first kappa shape index (κ1) is 39.7. The van der Waals surface area contributed by atoms with Crippen molar-refractivity contribution in [1.29, 1.82) is 0 Å². The third-order valence-corrected chi connectivity index (χ3v) is 15.2. The summed E-state index contributed by atoms with van der Waals surface area (Å²) in [7, 11) is 0. The number of rotatable bonds is 9. The molecule has 0 spiro atoms. The van der Waals surface area contributed by atoms with Gasteiger partial charge in [0, 0.05) is 15.9 Å². The van der Waals surface area contributed by atoms with E-state index in [0.29, 0.717) is 17.1 Å². The Morgan fingerprint density at radius 2 is 1.13 bits per heavy atom. The SMILES string of the molecule is [2H]C([2H])([2H])c1cc(-n2c3ccc(-c4ccccc4)cc3c3ccc(Oc4ccc5c(c4)C(n4[c](=[Pt])n(-c6c(-c7ccccc7)cccc6-c6ccccc6)c6ccccc64)CCC5)cc32)ncc1-c1ccccc1. The van der Waals surface area contributed by atoms with E-state index in [-0.39, 0.29) is 11.6 Å². The second-order valence-electron chi connectivity index (χ2n) is 18.3. The number of para-hydroxylation sites is 3. The van der Waals surface area contributed by atoms with E-state index in [2.05, 4.69) is 209 Å². The summed E-state index contributed by atoms with van der Waals surface area (Å²) in [6, 6.07) is 77.9. The van der Waals surface area contributed by atoms with Gasteiger partial charge in [-0.25, -0.2) is 4.98 Å². The first-order chi connectivity index (χ1) is 36.3. The van der Waals surface area contributed by atoms with Gasteiger partial charge in [-0.2, -0.15) is 0 Å². The van der Waals surface area contributed by atoms with Crippen LogP contribution in [0, 0.1) is 10.7 Å². The number of nitrogens with zero attached hydrogens (tertiary/aromatic N) is 4. The smallest absolute Gasteiger partial charge is 0.0374 e. The van der Waals surface area contributed by atoms with E-state index in [1.807, 2.05) is 42.5 Å². The first-order valence-corrected chi connectivity index (χ1v) is 25.3. The molecule has 1 unspecified atom stereocenters. The normalized spacial score (nSPS) is 14.3. The minimum absolute atomic E-state index is 0.0474. The second-order valence-corrected chi connectivity index (χ2v) is 19.3. The summed E-state index contributed by atoms with van der Waals surface area (Å²) in [5, 5.41) is 2.04. The molecule has 0 radical (unpaired) electrons. The van der Waals surface area contributed by atoms with Crippen LogP contribution in [0.15, 0.2) is 231 Å². The van der Waals surface area contributed by atoms with Crippen LogP contribution >= 0.6 is 0 Å². The Balaban J connectivity index is 0.938. The van der Waals surface area contributed by atoms with Crippen LogP contribution in [0.4, 0.5) is 0 Å². The van der Waals surface area contributed by atoms with Crippen LogP contribution in [0.2, 0.25) is 0 Å². The number of pyridine rings is 1. The van der Waals surface area contributed by atoms with Crippen molar-refractivity contribution in [2.24, 2.45) is 0 Å². The maximum absolute atomic E-state index is 8.68. The monoisotopic (exact) mass is 1100 g/mol. The van der Waals surface area contributed by atoms with E-state index < -0.39 is 6.85 Å². The summed E-state index contributed by atoms with van der Waals surface area (Å²) in [4.78, 5) is 5.01. The van der Waals surface area contributed by atoms with Gasteiger partial charge in [0.2, 0.25) is 0 Å². The molecule has 0 bridgehead atoms. The van der Waals surface area contributed by atoms with E-state index in [9.17, 15) is 0 Å². The van der Waals surface area contributed by atoms with Gasteiger partial charge in [0.1, 0.15) is 0 Å². The fourth-order valence-electron chi connectivity index (χ4n) is 10.9. The van der Waals surface area contributed by atoms with E-state index >= 15 is 0 Å². The van der Waals surface area contributed by atoms with Gasteiger partial charge in [-0.3, -0.25) is 0 Å². The van der Waals surface area contributed by atoms with Crippen LogP contribution in [-0.4, -0.2) is 18.7 Å². The number of fused-ring (bicyclic) bond motifs is 5. The Hall–Kier alpha value is -8.11. The summed E-state index contributed by atoms with van der Waals surface area (Å²) < 4.78 is 41.2. The van der Waals surface area contributed by atoms with Crippen molar-refractivity contribution in [1.82, 2.24) is 18.7 Å². The molecule has 0 saturated heterocycles.